The average molecular weight is 809 g/mol. The van der Waals surface area contributed by atoms with Crippen LogP contribution in [0.2, 0.25) is 0 Å². The van der Waals surface area contributed by atoms with Crippen LogP contribution >= 0.6 is 0 Å². The van der Waals surface area contributed by atoms with Gasteiger partial charge in [0.2, 0.25) is 0 Å². The van der Waals surface area contributed by atoms with Crippen molar-refractivity contribution in [1.82, 2.24) is 5.32 Å². The van der Waals surface area contributed by atoms with Crippen LogP contribution in [0, 0.1) is 0 Å². The third kappa shape index (κ3) is 43.6. The van der Waals surface area contributed by atoms with Gasteiger partial charge in [-0.15, -0.1) is 0 Å². The van der Waals surface area contributed by atoms with Gasteiger partial charge in [0.05, 0.1) is 0 Å². The van der Waals surface area contributed by atoms with Gasteiger partial charge in [0.15, 0.2) is 0 Å². The smallest absolute Gasteiger partial charge is 0.0356 e. The van der Waals surface area contributed by atoms with Crippen LogP contribution in [-0.4, -0.2) is 25.8 Å². The summed E-state index contributed by atoms with van der Waals surface area (Å²) in [5.41, 5.74) is 11.4. The fraction of sp³-hybridized carbons (Fsp3) is 0.554. The van der Waals surface area contributed by atoms with Gasteiger partial charge in [0.1, 0.15) is 0 Å². The number of aliphatic imine (C=N–C) groups is 1. The molecule has 2 heteroatoms. The Labute approximate surface area is 370 Å². The molecule has 0 saturated heterocycles. The molecule has 0 fully saturated rings. The lowest BCUT2D eigenvalue weighted by atomic mass is 10.1. The summed E-state index contributed by atoms with van der Waals surface area (Å²) in [5, 5.41) is 3.11. The highest BCUT2D eigenvalue weighted by Crippen LogP contribution is 2.07. The molecule has 58 heavy (non-hydrogen) atoms. The number of hydrogen-bond acceptors (Lipinski definition) is 2. The monoisotopic (exact) mass is 809 g/mol. The highest BCUT2D eigenvalue weighted by atomic mass is 14.8. The molecule has 4 aromatic carbocycles. The molecular weight excluding hydrogens is 701 g/mol. The first-order valence-electron chi connectivity index (χ1n) is 19.8. The quantitative estimate of drug-likeness (QED) is 0.150. The molecule has 0 radical (unpaired) electrons. The largest absolute Gasteiger partial charge is 0.317 e. The Morgan fingerprint density at radius 2 is 0.448 bits per heavy atom. The molecular formula is C56H108N2. The maximum Gasteiger partial charge on any atom is 0.0356 e. The van der Waals surface area contributed by atoms with Crippen LogP contribution in [0.1, 0.15) is 187 Å². The summed E-state index contributed by atoms with van der Waals surface area (Å²) in [5.74, 6) is 0. The molecule has 4 rings (SSSR count). The second kappa shape index (κ2) is 57.8. The van der Waals surface area contributed by atoms with Crippen LogP contribution in [-0.2, 0) is 51.4 Å². The maximum absolute atomic E-state index is 3.85. The molecule has 0 spiro atoms. The molecule has 2 nitrogen and oxygen atoms in total. The van der Waals surface area contributed by atoms with E-state index in [2.05, 4.69) is 177 Å². The van der Waals surface area contributed by atoms with Crippen molar-refractivity contribution in [3.8, 4) is 0 Å². The Balaban J connectivity index is -0.0000000591. The normalized spacial score (nSPS) is 8.34. The molecule has 0 aliphatic rings. The van der Waals surface area contributed by atoms with Crippen molar-refractivity contribution in [3.05, 3.63) is 142 Å². The Morgan fingerprint density at radius 3 is 0.483 bits per heavy atom. The van der Waals surface area contributed by atoms with E-state index in [1.165, 1.54) is 44.5 Å². The SMILES string of the molecule is C.C.C.C.C.C.C.C.CC=NCC.CCNCC.CCc1ccc(CC)cc1.CCc1ccc(CC)cc1.CCc1ccc(CC)cc1.CCc1ccc(CC)cc1. The summed E-state index contributed by atoms with van der Waals surface area (Å²) >= 11 is 0. The summed E-state index contributed by atoms with van der Waals surface area (Å²) < 4.78 is 0. The van der Waals surface area contributed by atoms with Gasteiger partial charge >= 0.3 is 0 Å². The Bertz CT molecular complexity index is 985. The molecule has 0 aromatic heterocycles. The molecule has 0 saturated carbocycles. The maximum atomic E-state index is 3.85. The zero-order valence-corrected chi connectivity index (χ0v) is 34.5. The van der Waals surface area contributed by atoms with Crippen LogP contribution in [0.25, 0.3) is 0 Å². The topological polar surface area (TPSA) is 24.4 Å². The fourth-order valence-corrected chi connectivity index (χ4v) is 4.48. The summed E-state index contributed by atoms with van der Waals surface area (Å²) in [6.07, 6.45) is 10.9. The zero-order valence-electron chi connectivity index (χ0n) is 34.5. The van der Waals surface area contributed by atoms with Gasteiger partial charge in [-0.25, -0.2) is 0 Å². The van der Waals surface area contributed by atoms with E-state index in [-0.39, 0.29) is 59.4 Å². The number of hydrogen-bond donors (Lipinski definition) is 1. The minimum atomic E-state index is 0. The van der Waals surface area contributed by atoms with Crippen molar-refractivity contribution >= 4 is 6.21 Å². The van der Waals surface area contributed by atoms with Crippen LogP contribution in [0.4, 0.5) is 0 Å². The molecule has 0 heterocycles. The second-order valence-electron chi connectivity index (χ2n) is 11.8. The lowest BCUT2D eigenvalue weighted by Crippen LogP contribution is -2.09. The highest BCUT2D eigenvalue weighted by molar-refractivity contribution is 5.52. The van der Waals surface area contributed by atoms with E-state index in [9.17, 15) is 0 Å². The van der Waals surface area contributed by atoms with Crippen LogP contribution in [0.15, 0.2) is 102 Å². The van der Waals surface area contributed by atoms with Crippen molar-refractivity contribution in [3.63, 3.8) is 0 Å². The predicted molar refractivity (Wildman–Crippen MR) is 284 cm³/mol. The Hall–Kier alpha value is -3.49. The first kappa shape index (κ1) is 78.8. The first-order valence-corrected chi connectivity index (χ1v) is 19.8. The van der Waals surface area contributed by atoms with E-state index < -0.39 is 0 Å². The minimum absolute atomic E-state index is 0. The van der Waals surface area contributed by atoms with Gasteiger partial charge in [-0.2, -0.15) is 0 Å². The lowest BCUT2D eigenvalue weighted by Gasteiger charge is -1.97. The van der Waals surface area contributed by atoms with Gasteiger partial charge in [-0.05, 0) is 129 Å². The molecule has 0 unspecified atom stereocenters. The summed E-state index contributed by atoms with van der Waals surface area (Å²) in [7, 11) is 0. The molecule has 0 aliphatic heterocycles. The molecule has 0 aliphatic carbocycles. The van der Waals surface area contributed by atoms with Crippen LogP contribution < -0.4 is 5.32 Å². The third-order valence-electron chi connectivity index (χ3n) is 8.22. The number of aryl methyl sites for hydroxylation is 8. The number of rotatable bonds is 11. The fourth-order valence-electron chi connectivity index (χ4n) is 4.48. The average Bonchev–Trinajstić information content (AvgIpc) is 3.19. The van der Waals surface area contributed by atoms with Gasteiger partial charge in [-0.3, -0.25) is 4.99 Å². The summed E-state index contributed by atoms with van der Waals surface area (Å²) in [6, 6.07) is 35.3. The van der Waals surface area contributed by atoms with Gasteiger partial charge in [-0.1, -0.05) is 226 Å². The molecule has 0 amide bonds. The van der Waals surface area contributed by atoms with Crippen molar-refractivity contribution in [2.75, 3.05) is 19.6 Å². The highest BCUT2D eigenvalue weighted by Gasteiger charge is 1.91. The van der Waals surface area contributed by atoms with Crippen molar-refractivity contribution in [1.29, 1.82) is 0 Å². The Morgan fingerprint density at radius 1 is 0.310 bits per heavy atom. The van der Waals surface area contributed by atoms with Gasteiger partial charge in [0.25, 0.3) is 0 Å². The summed E-state index contributed by atoms with van der Waals surface area (Å²) in [4.78, 5) is 3.85. The Kier molecular flexibility index (Phi) is 78.6. The number of nitrogens with one attached hydrogen (secondary N) is 1. The van der Waals surface area contributed by atoms with E-state index >= 15 is 0 Å². The first-order chi connectivity index (χ1) is 24.3. The van der Waals surface area contributed by atoms with Gasteiger partial charge < -0.3 is 5.32 Å². The zero-order chi connectivity index (χ0) is 37.8. The molecule has 4 aromatic rings. The number of nitrogens with zero attached hydrogens (tertiary/aromatic N) is 1. The van der Waals surface area contributed by atoms with Crippen molar-refractivity contribution in [2.45, 2.75) is 194 Å². The van der Waals surface area contributed by atoms with Crippen LogP contribution in [0.5, 0.6) is 0 Å². The minimum Gasteiger partial charge on any atom is -0.317 e. The van der Waals surface area contributed by atoms with E-state index in [4.69, 9.17) is 0 Å². The van der Waals surface area contributed by atoms with E-state index in [0.717, 1.165) is 71.0 Å². The molecule has 0 bridgehead atoms. The van der Waals surface area contributed by atoms with E-state index in [1.54, 1.807) is 6.21 Å². The van der Waals surface area contributed by atoms with E-state index in [0.29, 0.717) is 0 Å². The molecule has 342 valence electrons. The van der Waals surface area contributed by atoms with E-state index in [1.807, 2.05) is 13.8 Å². The standard InChI is InChI=1S/4C10H14.C4H11N.C4H9N.8CH4/c4*1-3-9-5-7-10(4-2)8-6-9;2*1-3-5-4-2;;;;;;;;/h4*5-8H,3-4H2,1-2H3;5H,3-4H2,1-2H3;3H,4H2,1-2H3;8*1H4. The third-order valence-corrected chi connectivity index (χ3v) is 8.22. The van der Waals surface area contributed by atoms with Gasteiger partial charge in [0, 0.05) is 6.54 Å². The lowest BCUT2D eigenvalue weighted by molar-refractivity contribution is 0.762. The summed E-state index contributed by atoms with van der Waals surface area (Å²) in [6.45, 7) is 28.7. The molecule has 1 N–H and O–H groups in total. The van der Waals surface area contributed by atoms with Crippen LogP contribution in [0.3, 0.4) is 0 Å². The molecule has 0 atom stereocenters. The second-order valence-corrected chi connectivity index (χ2v) is 11.8. The van der Waals surface area contributed by atoms with Crippen molar-refractivity contribution < 1.29 is 0 Å². The number of benzene rings is 4. The predicted octanol–water partition coefficient (Wildman–Crippen LogP) is 18.0. The van der Waals surface area contributed by atoms with Crippen molar-refractivity contribution in [2.24, 2.45) is 4.99 Å².